The number of hydrogen-bond donors (Lipinski definition) is 2. The number of para-hydroxylation sites is 2. The fraction of sp³-hybridized carbons (Fsp3) is 0.467. The van der Waals surface area contributed by atoms with E-state index in [2.05, 4.69) is 114 Å². The summed E-state index contributed by atoms with van der Waals surface area (Å²) in [5.74, 6) is -0.549. The number of benzene rings is 2. The maximum absolute atomic E-state index is 11.5. The minimum absolute atomic E-state index is 0.178. The zero-order valence-corrected chi connectivity index (χ0v) is 21.7. The van der Waals surface area contributed by atoms with Gasteiger partial charge >= 0.3 is 0 Å². The standard InChI is InChI=1S/C30H38N2O2/c1-17(27-29(3,4)19-13-9-11-15-21(19)31(27)7)23-25(33)24(26(23)34)18(2)28-30(5,6)20-14-10-12-16-22(20)32(28)8/h9-16,23-26,33-34H,1-8H3/b27-17+,28-18+. The van der Waals surface area contributed by atoms with E-state index < -0.39 is 12.2 Å². The molecule has 5 rings (SSSR count). The van der Waals surface area contributed by atoms with Gasteiger partial charge in [0.05, 0.1) is 12.2 Å². The summed E-state index contributed by atoms with van der Waals surface area (Å²) in [4.78, 5) is 4.49. The number of anilines is 2. The van der Waals surface area contributed by atoms with Gasteiger partial charge in [-0.05, 0) is 48.3 Å². The summed E-state index contributed by atoms with van der Waals surface area (Å²) in [7, 11) is 4.20. The Hall–Kier alpha value is -2.56. The van der Waals surface area contributed by atoms with Crippen LogP contribution in [-0.2, 0) is 10.8 Å². The molecule has 4 heteroatoms. The summed E-state index contributed by atoms with van der Waals surface area (Å²) in [5.41, 5.74) is 9.16. The largest absolute Gasteiger partial charge is 0.392 e. The molecular weight excluding hydrogens is 420 g/mol. The van der Waals surface area contributed by atoms with E-state index in [-0.39, 0.29) is 22.7 Å². The second kappa shape index (κ2) is 7.47. The van der Waals surface area contributed by atoms with Crippen molar-refractivity contribution in [1.29, 1.82) is 0 Å². The lowest BCUT2D eigenvalue weighted by atomic mass is 9.61. The van der Waals surface area contributed by atoms with Crippen LogP contribution in [0.2, 0.25) is 0 Å². The van der Waals surface area contributed by atoms with E-state index in [1.807, 2.05) is 0 Å². The minimum atomic E-state index is -0.615. The van der Waals surface area contributed by atoms with E-state index in [0.717, 1.165) is 11.1 Å². The fourth-order valence-corrected chi connectivity index (χ4v) is 7.48. The molecule has 1 fully saturated rings. The van der Waals surface area contributed by atoms with Crippen LogP contribution in [0.3, 0.4) is 0 Å². The second-order valence-electron chi connectivity index (χ2n) is 11.5. The molecule has 0 atom stereocenters. The van der Waals surface area contributed by atoms with Crippen molar-refractivity contribution in [3.8, 4) is 0 Å². The van der Waals surface area contributed by atoms with E-state index in [0.29, 0.717) is 0 Å². The maximum Gasteiger partial charge on any atom is 0.0722 e. The van der Waals surface area contributed by atoms with Gasteiger partial charge in [-0.1, -0.05) is 64.1 Å². The molecule has 2 aliphatic heterocycles. The number of nitrogens with zero attached hydrogens (tertiary/aromatic N) is 2. The van der Waals surface area contributed by atoms with Gasteiger partial charge in [0.25, 0.3) is 0 Å². The molecular formula is C30H38N2O2. The van der Waals surface area contributed by atoms with Crippen molar-refractivity contribution in [3.05, 3.63) is 82.2 Å². The molecule has 0 aromatic heterocycles. The van der Waals surface area contributed by atoms with Crippen molar-refractivity contribution in [1.82, 2.24) is 0 Å². The van der Waals surface area contributed by atoms with Crippen molar-refractivity contribution >= 4 is 11.4 Å². The summed E-state index contributed by atoms with van der Waals surface area (Å²) in [5, 5.41) is 23.0. The molecule has 0 saturated heterocycles. The Morgan fingerprint density at radius 2 is 0.971 bits per heavy atom. The molecule has 0 amide bonds. The first-order valence-corrected chi connectivity index (χ1v) is 12.4. The van der Waals surface area contributed by atoms with E-state index in [1.54, 1.807) is 0 Å². The van der Waals surface area contributed by atoms with Crippen LogP contribution in [0, 0.1) is 11.8 Å². The Labute approximate surface area is 204 Å². The highest BCUT2D eigenvalue weighted by atomic mass is 16.3. The average molecular weight is 459 g/mol. The quantitative estimate of drug-likeness (QED) is 0.636. The first kappa shape index (κ1) is 23.2. The normalized spacial score (nSPS) is 31.7. The Morgan fingerprint density at radius 3 is 1.29 bits per heavy atom. The highest BCUT2D eigenvalue weighted by Gasteiger charge is 2.54. The molecule has 2 aromatic rings. The number of aliphatic hydroxyl groups excluding tert-OH is 2. The molecule has 0 radical (unpaired) electrons. The van der Waals surface area contributed by atoms with E-state index >= 15 is 0 Å². The second-order valence-corrected chi connectivity index (χ2v) is 11.5. The van der Waals surface area contributed by atoms with Crippen molar-refractivity contribution in [2.75, 3.05) is 23.9 Å². The molecule has 34 heavy (non-hydrogen) atoms. The predicted molar refractivity (Wildman–Crippen MR) is 140 cm³/mol. The molecule has 2 N–H and O–H groups in total. The SMILES string of the molecule is C/C(=C1\N(C)c2ccccc2C1(C)C)C1C(O)C(/C(C)=C2/N(C)c3ccccc3C2(C)C)C1O. The molecule has 0 bridgehead atoms. The van der Waals surface area contributed by atoms with Crippen LogP contribution < -0.4 is 9.80 Å². The van der Waals surface area contributed by atoms with Crippen LogP contribution >= 0.6 is 0 Å². The summed E-state index contributed by atoms with van der Waals surface area (Å²) < 4.78 is 0. The number of aliphatic hydroxyl groups is 2. The molecule has 0 unspecified atom stereocenters. The Balaban J connectivity index is 1.51. The number of allylic oxidation sites excluding steroid dienone is 2. The monoisotopic (exact) mass is 458 g/mol. The van der Waals surface area contributed by atoms with Gasteiger partial charge in [0.15, 0.2) is 0 Å². The van der Waals surface area contributed by atoms with Gasteiger partial charge in [-0.15, -0.1) is 0 Å². The van der Waals surface area contributed by atoms with Gasteiger partial charge in [0.2, 0.25) is 0 Å². The van der Waals surface area contributed by atoms with Crippen LogP contribution in [0.1, 0.15) is 52.7 Å². The molecule has 2 aromatic carbocycles. The van der Waals surface area contributed by atoms with Crippen molar-refractivity contribution in [2.24, 2.45) is 11.8 Å². The van der Waals surface area contributed by atoms with Crippen LogP contribution in [0.5, 0.6) is 0 Å². The molecule has 2 heterocycles. The minimum Gasteiger partial charge on any atom is -0.392 e. The van der Waals surface area contributed by atoms with Crippen molar-refractivity contribution in [2.45, 2.75) is 64.6 Å². The van der Waals surface area contributed by atoms with Gasteiger partial charge in [-0.3, -0.25) is 0 Å². The molecule has 3 aliphatic rings. The molecule has 0 spiro atoms. The number of fused-ring (bicyclic) bond motifs is 2. The van der Waals surface area contributed by atoms with Crippen LogP contribution in [0.15, 0.2) is 71.1 Å². The Bertz CT molecular complexity index is 1120. The molecule has 180 valence electrons. The van der Waals surface area contributed by atoms with Gasteiger partial charge in [-0.2, -0.15) is 0 Å². The summed E-state index contributed by atoms with van der Waals surface area (Å²) in [6, 6.07) is 17.0. The third-order valence-corrected chi connectivity index (χ3v) is 8.95. The van der Waals surface area contributed by atoms with E-state index in [1.165, 1.54) is 33.9 Å². The highest BCUT2D eigenvalue weighted by Crippen LogP contribution is 2.55. The lowest BCUT2D eigenvalue weighted by molar-refractivity contribution is -0.120. The number of likely N-dealkylation sites (N-methyl/N-ethyl adjacent to an activating group) is 2. The average Bonchev–Trinajstić information content (AvgIpc) is 3.11. The zero-order chi connectivity index (χ0) is 24.7. The Morgan fingerprint density at radius 1 is 0.647 bits per heavy atom. The van der Waals surface area contributed by atoms with Crippen molar-refractivity contribution in [3.63, 3.8) is 0 Å². The third-order valence-electron chi connectivity index (χ3n) is 8.95. The van der Waals surface area contributed by atoms with Crippen LogP contribution in [0.25, 0.3) is 0 Å². The first-order valence-electron chi connectivity index (χ1n) is 12.4. The summed E-state index contributed by atoms with van der Waals surface area (Å²) >= 11 is 0. The van der Waals surface area contributed by atoms with Gasteiger partial charge in [-0.25, -0.2) is 0 Å². The third kappa shape index (κ3) is 2.85. The highest BCUT2D eigenvalue weighted by molar-refractivity contribution is 5.72. The fourth-order valence-electron chi connectivity index (χ4n) is 7.48. The number of hydrogen-bond acceptors (Lipinski definition) is 4. The topological polar surface area (TPSA) is 46.9 Å². The first-order chi connectivity index (χ1) is 15.9. The molecule has 1 aliphatic carbocycles. The summed E-state index contributed by atoms with van der Waals surface area (Å²) in [6.07, 6.45) is -1.23. The zero-order valence-electron chi connectivity index (χ0n) is 21.7. The van der Waals surface area contributed by atoms with Gasteiger partial charge < -0.3 is 20.0 Å². The van der Waals surface area contributed by atoms with Gasteiger partial charge in [0, 0.05) is 59.5 Å². The molecule has 1 saturated carbocycles. The summed E-state index contributed by atoms with van der Waals surface area (Å²) in [6.45, 7) is 13.1. The Kier molecular flexibility index (Phi) is 5.09. The smallest absolute Gasteiger partial charge is 0.0722 e. The maximum atomic E-state index is 11.5. The lowest BCUT2D eigenvalue weighted by Gasteiger charge is -2.50. The van der Waals surface area contributed by atoms with Crippen LogP contribution in [0.4, 0.5) is 11.4 Å². The van der Waals surface area contributed by atoms with E-state index in [4.69, 9.17) is 0 Å². The van der Waals surface area contributed by atoms with E-state index in [9.17, 15) is 10.2 Å². The predicted octanol–water partition coefficient (Wildman–Crippen LogP) is 5.36. The van der Waals surface area contributed by atoms with Crippen molar-refractivity contribution < 1.29 is 10.2 Å². The van der Waals surface area contributed by atoms with Gasteiger partial charge in [0.1, 0.15) is 0 Å². The van der Waals surface area contributed by atoms with Crippen LogP contribution in [-0.4, -0.2) is 36.5 Å². The molecule has 4 nitrogen and oxygen atoms in total. The lowest BCUT2D eigenvalue weighted by Crippen LogP contribution is -2.57. The number of rotatable bonds is 2.